The van der Waals surface area contributed by atoms with Gasteiger partial charge in [0.05, 0.1) is 17.9 Å². The number of benzene rings is 2. The Morgan fingerprint density at radius 3 is 2.64 bits per heavy atom. The fourth-order valence-electron chi connectivity index (χ4n) is 3.04. The highest BCUT2D eigenvalue weighted by Gasteiger charge is 2.12. The first kappa shape index (κ1) is 17.3. The minimum atomic E-state index is -0.0407. The molecule has 1 heterocycles. The van der Waals surface area contributed by atoms with Gasteiger partial charge >= 0.3 is 0 Å². The second kappa shape index (κ2) is 7.57. The molecule has 0 aliphatic heterocycles. The van der Waals surface area contributed by atoms with Gasteiger partial charge in [-0.05, 0) is 43.4 Å². The Kier molecular flexibility index (Phi) is 5.24. The van der Waals surface area contributed by atoms with Crippen LogP contribution in [0.5, 0.6) is 5.75 Å². The van der Waals surface area contributed by atoms with E-state index in [4.69, 9.17) is 9.15 Å². The zero-order valence-corrected chi connectivity index (χ0v) is 15.0. The molecule has 5 nitrogen and oxygen atoms in total. The summed E-state index contributed by atoms with van der Waals surface area (Å²) in [4.78, 5) is 15.4. The number of nitrogens with one attached hydrogen (secondary N) is 1. The van der Waals surface area contributed by atoms with Crippen molar-refractivity contribution in [3.63, 3.8) is 0 Å². The quantitative estimate of drug-likeness (QED) is 0.665. The molecule has 3 rings (SSSR count). The Hall–Kier alpha value is -2.53. The third-order valence-electron chi connectivity index (χ3n) is 4.54. The molecule has 1 N–H and O–H groups in total. The van der Waals surface area contributed by atoms with E-state index in [1.54, 1.807) is 25.3 Å². The predicted molar refractivity (Wildman–Crippen MR) is 103 cm³/mol. The number of hydrogen-bond acceptors (Lipinski definition) is 5. The van der Waals surface area contributed by atoms with E-state index in [1.807, 2.05) is 18.2 Å². The van der Waals surface area contributed by atoms with Crippen LogP contribution >= 0.6 is 0 Å². The first-order valence-electron chi connectivity index (χ1n) is 8.67. The van der Waals surface area contributed by atoms with Crippen LogP contribution in [-0.2, 0) is 0 Å². The first-order valence-corrected chi connectivity index (χ1v) is 8.67. The fourth-order valence-corrected chi connectivity index (χ4v) is 3.04. The van der Waals surface area contributed by atoms with Gasteiger partial charge in [-0.2, -0.15) is 0 Å². The van der Waals surface area contributed by atoms with Gasteiger partial charge in [-0.25, -0.2) is 0 Å². The van der Waals surface area contributed by atoms with E-state index in [1.165, 1.54) is 0 Å². The zero-order valence-electron chi connectivity index (χ0n) is 15.0. The maximum Gasteiger partial charge on any atom is 0.202 e. The molecule has 0 saturated heterocycles. The minimum absolute atomic E-state index is 0.0407. The summed E-state index contributed by atoms with van der Waals surface area (Å²) < 4.78 is 11.2. The molecule has 0 unspecified atom stereocenters. The molecular weight excluding hydrogens is 316 g/mol. The molecule has 2 aromatic carbocycles. The molecule has 0 aliphatic carbocycles. The molecule has 0 spiro atoms. The van der Waals surface area contributed by atoms with Crippen molar-refractivity contribution < 1.29 is 9.15 Å². The molecule has 0 radical (unpaired) electrons. The lowest BCUT2D eigenvalue weighted by Gasteiger charge is -2.18. The first-order chi connectivity index (χ1) is 12.2. The molecule has 25 heavy (non-hydrogen) atoms. The lowest BCUT2D eigenvalue weighted by molar-refractivity contribution is 0.316. The Morgan fingerprint density at radius 1 is 1.12 bits per heavy atom. The maximum absolute atomic E-state index is 13.0. The fraction of sp³-hybridized carbons (Fsp3) is 0.350. The van der Waals surface area contributed by atoms with Crippen LogP contribution in [0.4, 0.5) is 5.69 Å². The van der Waals surface area contributed by atoms with Gasteiger partial charge in [-0.15, -0.1) is 0 Å². The van der Waals surface area contributed by atoms with Crippen LogP contribution in [0.15, 0.2) is 45.6 Å². The van der Waals surface area contributed by atoms with E-state index >= 15 is 0 Å². The lowest BCUT2D eigenvalue weighted by Crippen LogP contribution is -2.28. The topological polar surface area (TPSA) is 54.7 Å². The smallest absolute Gasteiger partial charge is 0.202 e. The largest absolute Gasteiger partial charge is 0.497 e. The van der Waals surface area contributed by atoms with E-state index in [9.17, 15) is 4.79 Å². The van der Waals surface area contributed by atoms with Crippen molar-refractivity contribution in [2.75, 3.05) is 38.6 Å². The molecule has 0 fully saturated rings. The highest BCUT2D eigenvalue weighted by molar-refractivity contribution is 5.97. The number of ether oxygens (including phenoxy) is 1. The Labute approximate surface area is 147 Å². The number of fused-ring (bicyclic) bond motifs is 2. The summed E-state index contributed by atoms with van der Waals surface area (Å²) in [5, 5.41) is 4.51. The van der Waals surface area contributed by atoms with Gasteiger partial charge in [0.15, 0.2) is 0 Å². The van der Waals surface area contributed by atoms with Crippen LogP contribution in [0.3, 0.4) is 0 Å². The third-order valence-corrected chi connectivity index (χ3v) is 4.54. The number of rotatable bonds is 7. The highest BCUT2D eigenvalue weighted by Crippen LogP contribution is 2.26. The van der Waals surface area contributed by atoms with Crippen molar-refractivity contribution in [2.45, 2.75) is 13.8 Å². The summed E-state index contributed by atoms with van der Waals surface area (Å²) in [7, 11) is 1.59. The van der Waals surface area contributed by atoms with E-state index in [0.717, 1.165) is 31.9 Å². The molecule has 132 valence electrons. The van der Waals surface area contributed by atoms with Crippen LogP contribution in [-0.4, -0.2) is 38.2 Å². The van der Waals surface area contributed by atoms with Crippen molar-refractivity contribution >= 4 is 27.6 Å². The number of anilines is 1. The van der Waals surface area contributed by atoms with Crippen molar-refractivity contribution in [3.05, 3.63) is 46.6 Å². The van der Waals surface area contributed by atoms with E-state index < -0.39 is 0 Å². The molecule has 0 bridgehead atoms. The average Bonchev–Trinajstić information content (AvgIpc) is 2.65. The normalized spacial score (nSPS) is 11.4. The van der Waals surface area contributed by atoms with Crippen LogP contribution in [0, 0.1) is 0 Å². The van der Waals surface area contributed by atoms with Crippen LogP contribution in [0.1, 0.15) is 13.8 Å². The second-order valence-electron chi connectivity index (χ2n) is 5.93. The predicted octanol–water partition coefficient (Wildman–Crippen LogP) is 3.71. The summed E-state index contributed by atoms with van der Waals surface area (Å²) in [5.41, 5.74) is 1.93. The molecule has 0 saturated carbocycles. The number of nitrogens with zero attached hydrogens (tertiary/aromatic N) is 1. The molecule has 0 amide bonds. The summed E-state index contributed by atoms with van der Waals surface area (Å²) in [6, 6.07) is 11.0. The Morgan fingerprint density at radius 2 is 1.92 bits per heavy atom. The highest BCUT2D eigenvalue weighted by atomic mass is 16.5. The summed E-state index contributed by atoms with van der Waals surface area (Å²) in [6.45, 7) is 8.03. The van der Waals surface area contributed by atoms with Gasteiger partial charge in [0, 0.05) is 18.8 Å². The molecule has 1 aromatic heterocycles. The summed E-state index contributed by atoms with van der Waals surface area (Å²) >= 11 is 0. The van der Waals surface area contributed by atoms with E-state index in [-0.39, 0.29) is 5.43 Å². The minimum Gasteiger partial charge on any atom is -0.497 e. The standard InChI is InChI=1S/C20H24N2O3/c1-4-22(5-2)12-11-21-16-7-6-8-18-19(16)20(23)15-13-14(24-3)9-10-17(15)25-18/h6-10,13,21H,4-5,11-12H2,1-3H3. The number of methoxy groups -OCH3 is 1. The van der Waals surface area contributed by atoms with E-state index in [0.29, 0.717) is 27.7 Å². The monoisotopic (exact) mass is 340 g/mol. The van der Waals surface area contributed by atoms with Gasteiger partial charge in [0.1, 0.15) is 16.9 Å². The van der Waals surface area contributed by atoms with Crippen molar-refractivity contribution in [2.24, 2.45) is 0 Å². The van der Waals surface area contributed by atoms with Crippen LogP contribution in [0.25, 0.3) is 21.9 Å². The van der Waals surface area contributed by atoms with Crippen LogP contribution < -0.4 is 15.5 Å². The molecule has 3 aromatic rings. The van der Waals surface area contributed by atoms with Gasteiger partial charge in [-0.1, -0.05) is 19.9 Å². The Balaban J connectivity index is 2.01. The Bertz CT molecular complexity index is 929. The molecule has 5 heteroatoms. The summed E-state index contributed by atoms with van der Waals surface area (Å²) in [5.74, 6) is 0.645. The van der Waals surface area contributed by atoms with Crippen LogP contribution in [0.2, 0.25) is 0 Å². The average molecular weight is 340 g/mol. The van der Waals surface area contributed by atoms with Crippen molar-refractivity contribution in [3.8, 4) is 5.75 Å². The van der Waals surface area contributed by atoms with Gasteiger partial charge in [0.2, 0.25) is 5.43 Å². The maximum atomic E-state index is 13.0. The van der Waals surface area contributed by atoms with Crippen molar-refractivity contribution in [1.82, 2.24) is 4.90 Å². The number of hydrogen-bond donors (Lipinski definition) is 1. The van der Waals surface area contributed by atoms with Gasteiger partial charge in [0.25, 0.3) is 0 Å². The molecule has 0 aliphatic rings. The second-order valence-corrected chi connectivity index (χ2v) is 5.93. The lowest BCUT2D eigenvalue weighted by atomic mass is 10.1. The summed E-state index contributed by atoms with van der Waals surface area (Å²) in [6.07, 6.45) is 0. The third kappa shape index (κ3) is 3.46. The van der Waals surface area contributed by atoms with Gasteiger partial charge in [-0.3, -0.25) is 4.79 Å². The molecule has 0 atom stereocenters. The molecular formula is C20H24N2O3. The number of likely N-dealkylation sites (N-methyl/N-ethyl adjacent to an activating group) is 1. The van der Waals surface area contributed by atoms with E-state index in [2.05, 4.69) is 24.1 Å². The van der Waals surface area contributed by atoms with Gasteiger partial charge < -0.3 is 19.4 Å². The zero-order chi connectivity index (χ0) is 17.8. The van der Waals surface area contributed by atoms with Crippen molar-refractivity contribution in [1.29, 1.82) is 0 Å². The SMILES string of the molecule is CCN(CC)CCNc1cccc2oc3ccc(OC)cc3c(=O)c12.